The van der Waals surface area contributed by atoms with Crippen LogP contribution in [0.2, 0.25) is 5.02 Å². The molecule has 0 aliphatic heterocycles. The number of rotatable bonds is 5. The smallest absolute Gasteiger partial charge is 0.253 e. The molecule has 1 aromatic rings. The number of aromatic nitrogens is 1. The summed E-state index contributed by atoms with van der Waals surface area (Å²) in [7, 11) is 3.00. The largest absolute Gasteiger partial charge is 0.354 e. The van der Waals surface area contributed by atoms with E-state index in [-0.39, 0.29) is 12.5 Å². The van der Waals surface area contributed by atoms with Gasteiger partial charge in [0.1, 0.15) is 0 Å². The van der Waals surface area contributed by atoms with E-state index in [4.69, 9.17) is 21.1 Å². The van der Waals surface area contributed by atoms with Crippen molar-refractivity contribution in [3.63, 3.8) is 0 Å². The van der Waals surface area contributed by atoms with E-state index in [0.717, 1.165) is 0 Å². The Kier molecular flexibility index (Phi) is 5.18. The quantitative estimate of drug-likeness (QED) is 0.788. The molecule has 6 heteroatoms. The average molecular weight is 245 g/mol. The van der Waals surface area contributed by atoms with Gasteiger partial charge < -0.3 is 14.8 Å². The number of pyridine rings is 1. The van der Waals surface area contributed by atoms with E-state index in [1.54, 1.807) is 6.07 Å². The van der Waals surface area contributed by atoms with Gasteiger partial charge in [0.15, 0.2) is 6.29 Å². The number of hydrogen-bond donors (Lipinski definition) is 1. The highest BCUT2D eigenvalue weighted by molar-refractivity contribution is 6.33. The lowest BCUT2D eigenvalue weighted by molar-refractivity contribution is -0.0974. The first kappa shape index (κ1) is 12.9. The molecule has 0 unspecified atom stereocenters. The number of halogens is 1. The molecule has 1 amide bonds. The fraction of sp³-hybridized carbons (Fsp3) is 0.400. The summed E-state index contributed by atoms with van der Waals surface area (Å²) in [5.74, 6) is -0.286. The molecule has 0 radical (unpaired) electrons. The molecule has 0 aliphatic carbocycles. The van der Waals surface area contributed by atoms with Crippen molar-refractivity contribution in [3.8, 4) is 0 Å². The molecule has 0 aliphatic rings. The topological polar surface area (TPSA) is 60.5 Å². The number of nitrogens with one attached hydrogen (secondary N) is 1. The van der Waals surface area contributed by atoms with E-state index < -0.39 is 6.29 Å². The Labute approximate surface area is 98.7 Å². The van der Waals surface area contributed by atoms with Gasteiger partial charge in [0.2, 0.25) is 0 Å². The minimum atomic E-state index is -0.468. The first-order valence-corrected chi connectivity index (χ1v) is 5.00. The third-order valence-electron chi connectivity index (χ3n) is 1.97. The third kappa shape index (κ3) is 3.44. The van der Waals surface area contributed by atoms with E-state index in [1.165, 1.54) is 26.6 Å². The Morgan fingerprint density at radius 2 is 2.25 bits per heavy atom. The fourth-order valence-corrected chi connectivity index (χ4v) is 1.30. The Hall–Kier alpha value is -1.17. The van der Waals surface area contributed by atoms with Gasteiger partial charge in [-0.05, 0) is 6.07 Å². The molecule has 1 rings (SSSR count). The molecule has 1 N–H and O–H groups in total. The van der Waals surface area contributed by atoms with Crippen molar-refractivity contribution < 1.29 is 14.3 Å². The Balaban J connectivity index is 2.56. The lowest BCUT2D eigenvalue weighted by Crippen LogP contribution is -2.34. The highest BCUT2D eigenvalue weighted by atomic mass is 35.5. The van der Waals surface area contributed by atoms with Gasteiger partial charge >= 0.3 is 0 Å². The van der Waals surface area contributed by atoms with Gasteiger partial charge in [0.25, 0.3) is 5.91 Å². The summed E-state index contributed by atoms with van der Waals surface area (Å²) in [6.45, 7) is 0.254. The van der Waals surface area contributed by atoms with Crippen molar-refractivity contribution in [1.82, 2.24) is 10.3 Å². The van der Waals surface area contributed by atoms with Crippen LogP contribution in [0, 0.1) is 0 Å². The molecule has 88 valence electrons. The molecular formula is C10H13ClN2O3. The second-order valence-electron chi connectivity index (χ2n) is 2.97. The van der Waals surface area contributed by atoms with Gasteiger partial charge in [-0.25, -0.2) is 0 Å². The van der Waals surface area contributed by atoms with Gasteiger partial charge in [-0.1, -0.05) is 11.6 Å². The Morgan fingerprint density at radius 1 is 1.56 bits per heavy atom. The van der Waals surface area contributed by atoms with E-state index in [9.17, 15) is 4.79 Å². The molecule has 16 heavy (non-hydrogen) atoms. The normalized spacial score (nSPS) is 10.5. The van der Waals surface area contributed by atoms with E-state index in [2.05, 4.69) is 10.3 Å². The molecule has 0 saturated heterocycles. The maximum atomic E-state index is 11.7. The second kappa shape index (κ2) is 6.42. The number of nitrogens with zero attached hydrogens (tertiary/aromatic N) is 1. The summed E-state index contributed by atoms with van der Waals surface area (Å²) in [5.41, 5.74) is 0.377. The van der Waals surface area contributed by atoms with Crippen molar-refractivity contribution in [2.24, 2.45) is 0 Å². The standard InChI is InChI=1S/C10H13ClN2O3/c1-15-9(16-2)6-13-10(14)7-3-4-12-5-8(7)11/h3-5,9H,6H2,1-2H3,(H,13,14). The highest BCUT2D eigenvalue weighted by Gasteiger charge is 2.12. The van der Waals surface area contributed by atoms with Gasteiger partial charge in [-0.2, -0.15) is 0 Å². The maximum Gasteiger partial charge on any atom is 0.253 e. The Bertz CT molecular complexity index is 356. The fourth-order valence-electron chi connectivity index (χ4n) is 1.09. The van der Waals surface area contributed by atoms with Crippen LogP contribution in [0.5, 0.6) is 0 Å². The van der Waals surface area contributed by atoms with E-state index in [1.807, 2.05) is 0 Å². The van der Waals surface area contributed by atoms with Crippen LogP contribution in [0.25, 0.3) is 0 Å². The number of hydrogen-bond acceptors (Lipinski definition) is 4. The van der Waals surface area contributed by atoms with Crippen LogP contribution in [0.4, 0.5) is 0 Å². The van der Waals surface area contributed by atoms with E-state index >= 15 is 0 Å². The van der Waals surface area contributed by atoms with Crippen molar-refractivity contribution in [2.45, 2.75) is 6.29 Å². The monoisotopic (exact) mass is 244 g/mol. The number of carbonyl (C=O) groups is 1. The summed E-state index contributed by atoms with van der Waals surface area (Å²) in [6, 6.07) is 1.55. The molecule has 0 bridgehead atoms. The lowest BCUT2D eigenvalue weighted by atomic mass is 10.2. The zero-order valence-electron chi connectivity index (χ0n) is 9.07. The molecule has 0 saturated carbocycles. The first-order chi connectivity index (χ1) is 7.69. The molecule has 1 heterocycles. The number of methoxy groups -OCH3 is 2. The van der Waals surface area contributed by atoms with Crippen molar-refractivity contribution in [2.75, 3.05) is 20.8 Å². The average Bonchev–Trinajstić information content (AvgIpc) is 2.30. The van der Waals surface area contributed by atoms with Crippen LogP contribution < -0.4 is 5.32 Å². The van der Waals surface area contributed by atoms with Crippen molar-refractivity contribution in [1.29, 1.82) is 0 Å². The summed E-state index contributed by atoms with van der Waals surface area (Å²) in [5, 5.41) is 2.95. The lowest BCUT2D eigenvalue weighted by Gasteiger charge is -2.14. The molecule has 0 fully saturated rings. The minimum Gasteiger partial charge on any atom is -0.354 e. The number of carbonyl (C=O) groups excluding carboxylic acids is 1. The second-order valence-corrected chi connectivity index (χ2v) is 3.37. The molecule has 5 nitrogen and oxygen atoms in total. The first-order valence-electron chi connectivity index (χ1n) is 4.62. The minimum absolute atomic E-state index is 0.254. The molecule has 0 aromatic carbocycles. The van der Waals surface area contributed by atoms with Crippen LogP contribution >= 0.6 is 11.6 Å². The van der Waals surface area contributed by atoms with Crippen LogP contribution in [0.1, 0.15) is 10.4 Å². The summed E-state index contributed by atoms with van der Waals surface area (Å²) in [4.78, 5) is 15.5. The van der Waals surface area contributed by atoms with Crippen LogP contribution in [0.3, 0.4) is 0 Å². The highest BCUT2D eigenvalue weighted by Crippen LogP contribution is 2.12. The molecular weight excluding hydrogens is 232 g/mol. The molecule has 1 aromatic heterocycles. The predicted molar refractivity (Wildman–Crippen MR) is 59.4 cm³/mol. The molecule has 0 atom stereocenters. The predicted octanol–water partition coefficient (Wildman–Crippen LogP) is 1.08. The van der Waals surface area contributed by atoms with Gasteiger partial charge in [0.05, 0.1) is 17.1 Å². The van der Waals surface area contributed by atoms with Crippen LogP contribution in [-0.4, -0.2) is 37.9 Å². The molecule has 0 spiro atoms. The summed E-state index contributed by atoms with van der Waals surface area (Å²) < 4.78 is 9.87. The Morgan fingerprint density at radius 3 is 2.81 bits per heavy atom. The van der Waals surface area contributed by atoms with Crippen molar-refractivity contribution in [3.05, 3.63) is 29.0 Å². The van der Waals surface area contributed by atoms with Gasteiger partial charge in [-0.3, -0.25) is 9.78 Å². The zero-order chi connectivity index (χ0) is 12.0. The zero-order valence-corrected chi connectivity index (χ0v) is 9.82. The SMILES string of the molecule is COC(CNC(=O)c1ccncc1Cl)OC. The maximum absolute atomic E-state index is 11.7. The van der Waals surface area contributed by atoms with E-state index in [0.29, 0.717) is 10.6 Å². The summed E-state index contributed by atoms with van der Waals surface area (Å²) >= 11 is 5.82. The number of ether oxygens (including phenoxy) is 2. The van der Waals surface area contributed by atoms with Gasteiger partial charge in [0, 0.05) is 26.6 Å². The third-order valence-corrected chi connectivity index (χ3v) is 2.27. The van der Waals surface area contributed by atoms with Gasteiger partial charge in [-0.15, -0.1) is 0 Å². The summed E-state index contributed by atoms with van der Waals surface area (Å²) in [6.07, 6.45) is 2.45. The van der Waals surface area contributed by atoms with Crippen LogP contribution in [0.15, 0.2) is 18.5 Å². The number of amides is 1. The van der Waals surface area contributed by atoms with Crippen molar-refractivity contribution >= 4 is 17.5 Å². The van der Waals surface area contributed by atoms with Crippen LogP contribution in [-0.2, 0) is 9.47 Å².